The lowest BCUT2D eigenvalue weighted by Crippen LogP contribution is -2.32. The molecule has 12 rings (SSSR count). The standard InChI is InChI=1S/C57H37NS/c1-3-18-38(19-4-1)40-34-36-51(44-24-9-7-22-42(40)44)58(52-37-35-41(39-20-5-2-6-21-39)43-23-8-10-25-45(43)52)53-31-17-30-50-56(53)46-26-11-12-27-47(46)57(50)48-28-13-15-32-54(48)59-55-33-16-14-29-49(55)57/h1-37H/i1D,2D,3D,4D,5D,6D,7D,8D,9D,10D,11D,12D,13D,14D,15D,16D,17D,18D,19D,20D,21D,22D,23D,24D,25D,28D,31D,32D,33D,34D,35D,36D,37D. The summed E-state index contributed by atoms with van der Waals surface area (Å²) in [7, 11) is 0. The summed E-state index contributed by atoms with van der Waals surface area (Å²) in [6.45, 7) is 0. The molecule has 0 bridgehead atoms. The first kappa shape index (κ1) is 14.6. The Bertz CT molecular complexity index is 4950. The van der Waals surface area contributed by atoms with Gasteiger partial charge in [-0.2, -0.15) is 0 Å². The zero-order valence-electron chi connectivity index (χ0n) is 62.7. The fourth-order valence-electron chi connectivity index (χ4n) is 8.00. The van der Waals surface area contributed by atoms with Crippen molar-refractivity contribution in [2.24, 2.45) is 0 Å². The predicted octanol–water partition coefficient (Wildman–Crippen LogP) is 15.6. The van der Waals surface area contributed by atoms with E-state index in [9.17, 15) is 23.3 Å². The normalized spacial score (nSPS) is 22.6. The van der Waals surface area contributed by atoms with Crippen molar-refractivity contribution in [3.8, 4) is 33.4 Å². The van der Waals surface area contributed by atoms with Gasteiger partial charge < -0.3 is 4.90 Å². The van der Waals surface area contributed by atoms with E-state index in [1.54, 1.807) is 0 Å². The molecule has 0 aromatic heterocycles. The third-order valence-electron chi connectivity index (χ3n) is 10.3. The summed E-state index contributed by atoms with van der Waals surface area (Å²) < 4.78 is 307. The summed E-state index contributed by atoms with van der Waals surface area (Å²) in [6, 6.07) is -28.1. The zero-order chi connectivity index (χ0) is 67.6. The van der Waals surface area contributed by atoms with Crippen molar-refractivity contribution in [3.05, 3.63) is 246 Å². The fourth-order valence-corrected chi connectivity index (χ4v) is 9.03. The highest BCUT2D eigenvalue weighted by Crippen LogP contribution is 2.64. The Morgan fingerprint density at radius 3 is 1.49 bits per heavy atom. The van der Waals surface area contributed by atoms with Gasteiger partial charge in [0, 0.05) is 26.1 Å². The molecular weight excluding hydrogens is 731 g/mol. The second kappa shape index (κ2) is 13.5. The molecule has 0 radical (unpaired) electrons. The number of anilines is 3. The number of benzene rings is 10. The number of hydrogen-bond donors (Lipinski definition) is 0. The number of fused-ring (bicyclic) bond motifs is 11. The first-order valence-corrected chi connectivity index (χ1v) is 18.5. The lowest BCUT2D eigenvalue weighted by Gasteiger charge is -2.39. The van der Waals surface area contributed by atoms with Crippen LogP contribution in [-0.4, -0.2) is 0 Å². The van der Waals surface area contributed by atoms with Crippen molar-refractivity contribution in [2.75, 3.05) is 4.90 Å². The lowest BCUT2D eigenvalue weighted by molar-refractivity contribution is 0.722. The molecule has 1 nitrogen and oxygen atoms in total. The third kappa shape index (κ3) is 5.00. The van der Waals surface area contributed by atoms with Crippen LogP contribution < -0.4 is 4.90 Å². The Balaban J connectivity index is 1.43. The minimum atomic E-state index is -2.48. The van der Waals surface area contributed by atoms with Gasteiger partial charge in [0.05, 0.1) is 67.7 Å². The Morgan fingerprint density at radius 1 is 0.339 bits per heavy atom. The van der Waals surface area contributed by atoms with Crippen LogP contribution in [0.15, 0.2) is 233 Å². The van der Waals surface area contributed by atoms with Crippen LogP contribution in [0, 0.1) is 0 Å². The Hall–Kier alpha value is -7.13. The van der Waals surface area contributed by atoms with E-state index in [-0.39, 0.29) is 37.6 Å². The Morgan fingerprint density at radius 2 is 0.831 bits per heavy atom. The van der Waals surface area contributed by atoms with Crippen LogP contribution in [-0.2, 0) is 5.41 Å². The summed E-state index contributed by atoms with van der Waals surface area (Å²) in [5.74, 6) is 0. The molecule has 1 aliphatic carbocycles. The summed E-state index contributed by atoms with van der Waals surface area (Å²) in [6.07, 6.45) is 0. The first-order valence-electron chi connectivity index (χ1n) is 34.1. The van der Waals surface area contributed by atoms with Gasteiger partial charge >= 0.3 is 0 Å². The second-order valence-corrected chi connectivity index (χ2v) is 14.1. The Kier molecular flexibility index (Phi) is 3.34. The average Bonchev–Trinajstić information content (AvgIpc) is 1.43. The van der Waals surface area contributed by atoms with Crippen molar-refractivity contribution >= 4 is 50.4 Å². The molecule has 0 N–H and O–H groups in total. The highest BCUT2D eigenvalue weighted by molar-refractivity contribution is 7.99. The maximum atomic E-state index is 10.3. The van der Waals surface area contributed by atoms with Crippen LogP contribution >= 0.6 is 11.8 Å². The topological polar surface area (TPSA) is 3.24 Å². The van der Waals surface area contributed by atoms with Crippen molar-refractivity contribution < 1.29 is 45.2 Å². The molecule has 1 atom stereocenters. The zero-order valence-corrected chi connectivity index (χ0v) is 30.5. The fraction of sp³-hybridized carbons (Fsp3) is 0.0175. The summed E-state index contributed by atoms with van der Waals surface area (Å²) >= 11 is 0.618. The quantitative estimate of drug-likeness (QED) is 0.171. The summed E-state index contributed by atoms with van der Waals surface area (Å²) in [4.78, 5) is 0.0749. The molecule has 0 amide bonds. The molecule has 0 saturated heterocycles. The monoisotopic (exact) mass is 800 g/mol. The molecule has 1 unspecified atom stereocenters. The predicted molar refractivity (Wildman–Crippen MR) is 248 cm³/mol. The van der Waals surface area contributed by atoms with Gasteiger partial charge in [-0.05, 0) is 91.1 Å². The first-order chi connectivity index (χ1) is 43.0. The molecule has 2 aliphatic rings. The van der Waals surface area contributed by atoms with Crippen LogP contribution in [0.4, 0.5) is 17.1 Å². The van der Waals surface area contributed by atoms with Crippen molar-refractivity contribution in [3.63, 3.8) is 0 Å². The van der Waals surface area contributed by atoms with Crippen LogP contribution in [0.3, 0.4) is 0 Å². The maximum absolute atomic E-state index is 10.3. The van der Waals surface area contributed by atoms with Crippen molar-refractivity contribution in [1.82, 2.24) is 0 Å². The van der Waals surface area contributed by atoms with Gasteiger partial charge in [0.2, 0.25) is 0 Å². The number of hydrogen-bond acceptors (Lipinski definition) is 2. The minimum absolute atomic E-state index is 0.202. The van der Waals surface area contributed by atoms with Crippen LogP contribution in [0.1, 0.15) is 67.5 Å². The third-order valence-corrected chi connectivity index (χ3v) is 11.3. The van der Waals surface area contributed by atoms with Crippen molar-refractivity contribution in [1.29, 1.82) is 0 Å². The van der Waals surface area contributed by atoms with E-state index >= 15 is 0 Å². The SMILES string of the molecule is [2H]c1cc2c(cc1[2H])C1(c3cc([2H])c([2H])c([2H])c3Sc3c([2H])c([2H])c([2H])c([2H])c31)c1cc([2H])c([2H])c(N(c3c([2H])c([2H])c(-c4c([2H])c([2H])c([2H])c([2H])c4[2H])c4c([2H])c([2H])c([2H])c([2H])c34)c3c([2H])c([2H])c(-c4c([2H])c([2H])c([2H])c([2H])c4[2H])c4c([2H])c([2H])c([2H])c([2H])c34)c1-2. The molecule has 0 fully saturated rings. The number of nitrogens with zero attached hydrogens (tertiary/aromatic N) is 1. The molecule has 1 spiro atoms. The van der Waals surface area contributed by atoms with Gasteiger partial charge in [0.1, 0.15) is 0 Å². The lowest BCUT2D eigenvalue weighted by atomic mass is 9.67. The van der Waals surface area contributed by atoms with Gasteiger partial charge in [-0.15, -0.1) is 0 Å². The van der Waals surface area contributed by atoms with Crippen LogP contribution in [0.25, 0.3) is 54.9 Å². The van der Waals surface area contributed by atoms with E-state index in [0.717, 1.165) is 24.3 Å². The summed E-state index contributed by atoms with van der Waals surface area (Å²) in [5, 5.41) is -3.73. The van der Waals surface area contributed by atoms with E-state index in [1.165, 1.54) is 0 Å². The van der Waals surface area contributed by atoms with Gasteiger partial charge in [0.25, 0.3) is 0 Å². The number of rotatable bonds is 5. The van der Waals surface area contributed by atoms with Crippen LogP contribution in [0.5, 0.6) is 0 Å². The van der Waals surface area contributed by atoms with E-state index < -0.39 is 271 Å². The van der Waals surface area contributed by atoms with Crippen molar-refractivity contribution in [2.45, 2.75) is 15.2 Å². The molecule has 1 heterocycles. The summed E-state index contributed by atoms with van der Waals surface area (Å²) in [5.41, 5.74) is -11.2. The van der Waals surface area contributed by atoms with E-state index in [2.05, 4.69) is 0 Å². The van der Waals surface area contributed by atoms with E-state index in [0.29, 0.717) is 16.7 Å². The Labute approximate surface area is 395 Å². The molecule has 2 heteroatoms. The van der Waals surface area contributed by atoms with Gasteiger partial charge in [0.15, 0.2) is 0 Å². The van der Waals surface area contributed by atoms with Crippen LogP contribution in [0.2, 0.25) is 0 Å². The smallest absolute Gasteiger partial charge is 0.0736 e. The van der Waals surface area contributed by atoms with E-state index in [4.69, 9.17) is 21.9 Å². The van der Waals surface area contributed by atoms with Gasteiger partial charge in [-0.25, -0.2) is 0 Å². The van der Waals surface area contributed by atoms with E-state index in [1.807, 2.05) is 0 Å². The average molecular weight is 801 g/mol. The molecule has 0 saturated carbocycles. The molecular formula is C57H37NS. The molecule has 59 heavy (non-hydrogen) atoms. The minimum Gasteiger partial charge on any atom is -0.309 e. The highest BCUT2D eigenvalue weighted by atomic mass is 32.2. The van der Waals surface area contributed by atoms with Gasteiger partial charge in [-0.3, -0.25) is 0 Å². The molecule has 10 aromatic carbocycles. The molecule has 1 aliphatic heterocycles. The molecule has 10 aromatic rings. The van der Waals surface area contributed by atoms with Gasteiger partial charge in [-0.1, -0.05) is 205 Å². The second-order valence-electron chi connectivity index (χ2n) is 13.1. The molecule has 276 valence electrons. The largest absolute Gasteiger partial charge is 0.309 e. The highest BCUT2D eigenvalue weighted by Gasteiger charge is 2.51. The maximum Gasteiger partial charge on any atom is 0.0736 e.